The van der Waals surface area contributed by atoms with Crippen molar-refractivity contribution in [1.29, 1.82) is 0 Å². The Hall–Kier alpha value is -3.03. The molecular formula is C18H18F3N3O2. The summed E-state index contributed by atoms with van der Waals surface area (Å²) in [5.41, 5.74) is 0.395. The number of alkyl halides is 3. The second-order valence-corrected chi connectivity index (χ2v) is 5.71. The van der Waals surface area contributed by atoms with Crippen LogP contribution in [-0.4, -0.2) is 18.4 Å². The smallest absolute Gasteiger partial charge is 0.376 e. The van der Waals surface area contributed by atoms with E-state index >= 15 is 0 Å². The van der Waals surface area contributed by atoms with Gasteiger partial charge < -0.3 is 16.0 Å². The zero-order chi connectivity index (χ0) is 19.3. The first-order valence-electron chi connectivity index (χ1n) is 7.74. The summed E-state index contributed by atoms with van der Waals surface area (Å²) < 4.78 is 39.7. The van der Waals surface area contributed by atoms with Crippen LogP contribution >= 0.6 is 0 Å². The number of hydrogen-bond donors (Lipinski definition) is 3. The van der Waals surface area contributed by atoms with Crippen molar-refractivity contribution >= 4 is 28.9 Å². The van der Waals surface area contributed by atoms with Gasteiger partial charge in [0.15, 0.2) is 0 Å². The van der Waals surface area contributed by atoms with Gasteiger partial charge >= 0.3 is 6.18 Å². The number of carbonyl (C=O) groups excluding carboxylic acids is 2. The summed E-state index contributed by atoms with van der Waals surface area (Å²) in [6, 6.07) is 10.4. The van der Waals surface area contributed by atoms with E-state index in [2.05, 4.69) is 16.0 Å². The van der Waals surface area contributed by atoms with Crippen molar-refractivity contribution in [3.63, 3.8) is 0 Å². The van der Waals surface area contributed by atoms with Gasteiger partial charge in [-0.3, -0.25) is 9.59 Å². The van der Waals surface area contributed by atoms with Gasteiger partial charge in [0.2, 0.25) is 11.8 Å². The number of carbonyl (C=O) groups is 2. The van der Waals surface area contributed by atoms with Crippen LogP contribution in [0, 0.1) is 6.92 Å². The highest BCUT2D eigenvalue weighted by atomic mass is 19.4. The maximum Gasteiger partial charge on any atom is 0.418 e. The molecule has 2 aromatic carbocycles. The monoisotopic (exact) mass is 365 g/mol. The molecule has 0 aliphatic heterocycles. The minimum Gasteiger partial charge on any atom is -0.376 e. The van der Waals surface area contributed by atoms with Crippen LogP contribution in [0.2, 0.25) is 0 Å². The number of hydrogen-bond acceptors (Lipinski definition) is 3. The van der Waals surface area contributed by atoms with Crippen molar-refractivity contribution in [2.75, 3.05) is 22.5 Å². The molecule has 2 amide bonds. The average Bonchev–Trinajstić information content (AvgIpc) is 2.54. The first kappa shape index (κ1) is 19.3. The van der Waals surface area contributed by atoms with E-state index in [0.29, 0.717) is 5.69 Å². The second-order valence-electron chi connectivity index (χ2n) is 5.71. The zero-order valence-electron chi connectivity index (χ0n) is 14.2. The number of amides is 2. The Morgan fingerprint density at radius 2 is 1.58 bits per heavy atom. The lowest BCUT2D eigenvalue weighted by molar-refractivity contribution is -0.137. The Kier molecular flexibility index (Phi) is 5.86. The number of anilines is 3. The van der Waals surface area contributed by atoms with Gasteiger partial charge in [-0.1, -0.05) is 17.7 Å². The van der Waals surface area contributed by atoms with E-state index in [9.17, 15) is 22.8 Å². The summed E-state index contributed by atoms with van der Waals surface area (Å²) in [4.78, 5) is 22.9. The van der Waals surface area contributed by atoms with E-state index in [4.69, 9.17) is 0 Å². The SMILES string of the molecule is CC(=O)Nc1ccc(NCC(=O)Nc2ccc(C)cc2)c(C(F)(F)F)c1. The number of rotatable bonds is 5. The maximum absolute atomic E-state index is 13.2. The van der Waals surface area contributed by atoms with Gasteiger partial charge in [0.25, 0.3) is 0 Å². The molecule has 0 atom stereocenters. The standard InChI is InChI=1S/C18H18F3N3O2/c1-11-3-5-13(6-4-11)24-17(26)10-22-16-8-7-14(23-12(2)25)9-15(16)18(19,20)21/h3-9,22H,10H2,1-2H3,(H,23,25)(H,24,26). The molecule has 5 nitrogen and oxygen atoms in total. The molecule has 3 N–H and O–H groups in total. The van der Waals surface area contributed by atoms with Crippen molar-refractivity contribution in [1.82, 2.24) is 0 Å². The van der Waals surface area contributed by atoms with Crippen molar-refractivity contribution in [3.05, 3.63) is 53.6 Å². The Bertz CT molecular complexity index is 802. The van der Waals surface area contributed by atoms with E-state index < -0.39 is 23.6 Å². The summed E-state index contributed by atoms with van der Waals surface area (Å²) in [6.45, 7) is 2.77. The largest absolute Gasteiger partial charge is 0.418 e. The van der Waals surface area contributed by atoms with Gasteiger partial charge in [0, 0.05) is 24.0 Å². The molecule has 138 valence electrons. The fourth-order valence-electron chi connectivity index (χ4n) is 2.23. The normalized spacial score (nSPS) is 11.0. The molecule has 0 saturated heterocycles. The predicted molar refractivity (Wildman–Crippen MR) is 94.0 cm³/mol. The zero-order valence-corrected chi connectivity index (χ0v) is 14.2. The molecule has 2 rings (SSSR count). The van der Waals surface area contributed by atoms with Crippen LogP contribution in [0.15, 0.2) is 42.5 Å². The highest BCUT2D eigenvalue weighted by Crippen LogP contribution is 2.36. The molecule has 0 spiro atoms. The molecule has 0 radical (unpaired) electrons. The molecule has 0 bridgehead atoms. The summed E-state index contributed by atoms with van der Waals surface area (Å²) in [5.74, 6) is -0.954. The summed E-state index contributed by atoms with van der Waals surface area (Å²) in [6.07, 6.45) is -4.63. The molecule has 2 aromatic rings. The summed E-state index contributed by atoms with van der Waals surface area (Å²) in [5, 5.41) is 7.38. The van der Waals surface area contributed by atoms with E-state index in [0.717, 1.165) is 11.6 Å². The van der Waals surface area contributed by atoms with Gasteiger partial charge in [-0.05, 0) is 37.3 Å². The third-order valence-corrected chi connectivity index (χ3v) is 3.42. The van der Waals surface area contributed by atoms with Gasteiger partial charge in [-0.15, -0.1) is 0 Å². The predicted octanol–water partition coefficient (Wildman–Crippen LogP) is 4.02. The Labute approximate surface area is 148 Å². The Morgan fingerprint density at radius 1 is 0.962 bits per heavy atom. The summed E-state index contributed by atoms with van der Waals surface area (Å²) >= 11 is 0. The molecule has 0 fully saturated rings. The fourth-order valence-corrected chi connectivity index (χ4v) is 2.23. The van der Waals surface area contributed by atoms with Gasteiger partial charge in [-0.25, -0.2) is 0 Å². The van der Waals surface area contributed by atoms with Crippen LogP contribution in [0.1, 0.15) is 18.1 Å². The minimum absolute atomic E-state index is 0.0273. The third-order valence-electron chi connectivity index (χ3n) is 3.42. The maximum atomic E-state index is 13.2. The molecule has 0 aromatic heterocycles. The first-order chi connectivity index (χ1) is 12.1. The molecule has 0 unspecified atom stereocenters. The lowest BCUT2D eigenvalue weighted by atomic mass is 10.1. The lowest BCUT2D eigenvalue weighted by Crippen LogP contribution is -2.23. The van der Waals surface area contributed by atoms with Crippen molar-refractivity contribution in [3.8, 4) is 0 Å². The number of aryl methyl sites for hydroxylation is 1. The number of benzene rings is 2. The van der Waals surface area contributed by atoms with Crippen molar-refractivity contribution in [2.45, 2.75) is 20.0 Å². The van der Waals surface area contributed by atoms with Gasteiger partial charge in [0.05, 0.1) is 12.1 Å². The van der Waals surface area contributed by atoms with E-state index in [-0.39, 0.29) is 17.9 Å². The van der Waals surface area contributed by atoms with E-state index in [1.807, 2.05) is 19.1 Å². The lowest BCUT2D eigenvalue weighted by Gasteiger charge is -2.16. The van der Waals surface area contributed by atoms with Crippen molar-refractivity contribution in [2.24, 2.45) is 0 Å². The molecule has 8 heteroatoms. The minimum atomic E-state index is -4.63. The van der Waals surface area contributed by atoms with Crippen LogP contribution < -0.4 is 16.0 Å². The van der Waals surface area contributed by atoms with E-state index in [1.54, 1.807) is 12.1 Å². The first-order valence-corrected chi connectivity index (χ1v) is 7.74. The van der Waals surface area contributed by atoms with Gasteiger partial charge in [0.1, 0.15) is 0 Å². The Balaban J connectivity index is 2.09. The quantitative estimate of drug-likeness (QED) is 0.749. The van der Waals surface area contributed by atoms with Gasteiger partial charge in [-0.2, -0.15) is 13.2 Å². The third kappa shape index (κ3) is 5.51. The second kappa shape index (κ2) is 7.90. The highest BCUT2D eigenvalue weighted by Gasteiger charge is 2.34. The van der Waals surface area contributed by atoms with Crippen LogP contribution in [0.5, 0.6) is 0 Å². The van der Waals surface area contributed by atoms with Crippen LogP contribution in [0.4, 0.5) is 30.2 Å². The molecule has 0 aliphatic carbocycles. The molecule has 0 aliphatic rings. The molecule has 0 heterocycles. The highest BCUT2D eigenvalue weighted by molar-refractivity contribution is 5.94. The topological polar surface area (TPSA) is 70.2 Å². The van der Waals surface area contributed by atoms with Crippen LogP contribution in [0.25, 0.3) is 0 Å². The van der Waals surface area contributed by atoms with Crippen LogP contribution in [0.3, 0.4) is 0 Å². The number of halogens is 3. The Morgan fingerprint density at radius 3 is 2.15 bits per heavy atom. The summed E-state index contributed by atoms with van der Waals surface area (Å²) in [7, 11) is 0. The molecule has 0 saturated carbocycles. The molecular weight excluding hydrogens is 347 g/mol. The van der Waals surface area contributed by atoms with E-state index in [1.165, 1.54) is 19.1 Å². The van der Waals surface area contributed by atoms with Crippen LogP contribution in [-0.2, 0) is 15.8 Å². The van der Waals surface area contributed by atoms with Crippen molar-refractivity contribution < 1.29 is 22.8 Å². The molecule has 26 heavy (non-hydrogen) atoms. The number of nitrogens with one attached hydrogen (secondary N) is 3. The fraction of sp³-hybridized carbons (Fsp3) is 0.222. The average molecular weight is 365 g/mol.